The summed E-state index contributed by atoms with van der Waals surface area (Å²) in [6, 6.07) is 15.5. The first kappa shape index (κ1) is 23.2. The number of anilines is 3. The number of carbonyl (C=O) groups is 3. The van der Waals surface area contributed by atoms with Crippen LogP contribution >= 0.6 is 0 Å². The molecule has 5 rings (SSSR count). The van der Waals surface area contributed by atoms with E-state index < -0.39 is 0 Å². The molecule has 0 spiro atoms. The standard InChI is InChI=1S/C27H33N5O3/c1-28(2)26(34)20-11-12-22-24(18-20)32(27(35)23-10-6-7-13-31(22)23)19-25(33)30-16-14-29(15-17-30)21-8-4-3-5-9-21/h3-5,8-9,11-12,18,23H,6-7,10,13-17,19H2,1-2H3/t23-/m1/s1. The van der Waals surface area contributed by atoms with Crippen LogP contribution in [0.25, 0.3) is 0 Å². The molecule has 3 heterocycles. The van der Waals surface area contributed by atoms with E-state index in [1.807, 2.05) is 35.2 Å². The van der Waals surface area contributed by atoms with Crippen LogP contribution in [0.1, 0.15) is 29.6 Å². The number of benzene rings is 2. The average molecular weight is 476 g/mol. The van der Waals surface area contributed by atoms with Crippen molar-refractivity contribution >= 4 is 34.8 Å². The number of fused-ring (bicyclic) bond motifs is 3. The zero-order valence-electron chi connectivity index (χ0n) is 20.5. The highest BCUT2D eigenvalue weighted by Crippen LogP contribution is 2.40. The molecule has 0 saturated carbocycles. The molecular weight excluding hydrogens is 442 g/mol. The molecule has 0 aliphatic carbocycles. The van der Waals surface area contributed by atoms with Gasteiger partial charge in [-0.3, -0.25) is 19.3 Å². The van der Waals surface area contributed by atoms with Crippen LogP contribution in [0, 0.1) is 0 Å². The fourth-order valence-corrected chi connectivity index (χ4v) is 5.40. The zero-order chi connectivity index (χ0) is 24.5. The molecule has 2 aromatic carbocycles. The highest BCUT2D eigenvalue weighted by Gasteiger charge is 2.41. The summed E-state index contributed by atoms with van der Waals surface area (Å²) >= 11 is 0. The van der Waals surface area contributed by atoms with Crippen LogP contribution in [0.15, 0.2) is 48.5 Å². The molecule has 184 valence electrons. The van der Waals surface area contributed by atoms with Crippen LogP contribution in [-0.2, 0) is 9.59 Å². The van der Waals surface area contributed by atoms with Gasteiger partial charge in [0.15, 0.2) is 0 Å². The second-order valence-electron chi connectivity index (χ2n) is 9.74. The van der Waals surface area contributed by atoms with E-state index in [1.165, 1.54) is 4.90 Å². The summed E-state index contributed by atoms with van der Waals surface area (Å²) in [5.41, 5.74) is 3.28. The fraction of sp³-hybridized carbons (Fsp3) is 0.444. The number of nitrogens with zero attached hydrogens (tertiary/aromatic N) is 5. The SMILES string of the molecule is CN(C)C(=O)c1ccc2c(c1)N(CC(=O)N1CCN(c3ccccc3)CC1)C(=O)[C@H]1CCCCN21. The van der Waals surface area contributed by atoms with E-state index in [9.17, 15) is 14.4 Å². The van der Waals surface area contributed by atoms with Crippen molar-refractivity contribution in [3.8, 4) is 0 Å². The lowest BCUT2D eigenvalue weighted by atomic mass is 9.95. The third kappa shape index (κ3) is 4.45. The Morgan fingerprint density at radius 1 is 0.914 bits per heavy atom. The van der Waals surface area contributed by atoms with Crippen molar-refractivity contribution in [2.45, 2.75) is 25.3 Å². The lowest BCUT2D eigenvalue weighted by Gasteiger charge is -2.45. The normalized spacial score (nSPS) is 19.8. The lowest BCUT2D eigenvalue weighted by Crippen LogP contribution is -2.58. The minimum Gasteiger partial charge on any atom is -0.368 e. The van der Waals surface area contributed by atoms with Crippen molar-refractivity contribution in [3.05, 3.63) is 54.1 Å². The fourth-order valence-electron chi connectivity index (χ4n) is 5.40. The zero-order valence-corrected chi connectivity index (χ0v) is 20.5. The number of hydrogen-bond donors (Lipinski definition) is 0. The monoisotopic (exact) mass is 475 g/mol. The molecule has 3 aliphatic heterocycles. The Morgan fingerprint density at radius 2 is 1.66 bits per heavy atom. The van der Waals surface area contributed by atoms with Crippen LogP contribution in [0.4, 0.5) is 17.1 Å². The van der Waals surface area contributed by atoms with Gasteiger partial charge in [-0.1, -0.05) is 18.2 Å². The number of piperazine rings is 1. The largest absolute Gasteiger partial charge is 0.368 e. The number of hydrogen-bond acceptors (Lipinski definition) is 5. The number of rotatable bonds is 4. The van der Waals surface area contributed by atoms with Crippen molar-refractivity contribution in [2.24, 2.45) is 0 Å². The second-order valence-corrected chi connectivity index (χ2v) is 9.74. The van der Waals surface area contributed by atoms with Crippen molar-refractivity contribution in [3.63, 3.8) is 0 Å². The quantitative estimate of drug-likeness (QED) is 0.680. The maximum absolute atomic E-state index is 13.6. The summed E-state index contributed by atoms with van der Waals surface area (Å²) in [4.78, 5) is 49.1. The minimum absolute atomic E-state index is 0.00111. The van der Waals surface area contributed by atoms with Crippen LogP contribution in [0.5, 0.6) is 0 Å². The van der Waals surface area contributed by atoms with Gasteiger partial charge >= 0.3 is 0 Å². The molecule has 0 N–H and O–H groups in total. The molecule has 2 fully saturated rings. The van der Waals surface area contributed by atoms with Gasteiger partial charge in [-0.15, -0.1) is 0 Å². The van der Waals surface area contributed by atoms with Gasteiger partial charge in [0, 0.05) is 58.1 Å². The van der Waals surface area contributed by atoms with E-state index in [1.54, 1.807) is 25.1 Å². The third-order valence-electron chi connectivity index (χ3n) is 7.33. The minimum atomic E-state index is -0.241. The third-order valence-corrected chi connectivity index (χ3v) is 7.33. The summed E-state index contributed by atoms with van der Waals surface area (Å²) in [6.45, 7) is 3.58. The molecule has 35 heavy (non-hydrogen) atoms. The van der Waals surface area contributed by atoms with E-state index in [-0.39, 0.29) is 30.3 Å². The summed E-state index contributed by atoms with van der Waals surface area (Å²) in [6.07, 6.45) is 2.83. The molecule has 0 radical (unpaired) electrons. The van der Waals surface area contributed by atoms with E-state index in [4.69, 9.17) is 0 Å². The summed E-state index contributed by atoms with van der Waals surface area (Å²) < 4.78 is 0. The lowest BCUT2D eigenvalue weighted by molar-refractivity contribution is -0.132. The van der Waals surface area contributed by atoms with Crippen molar-refractivity contribution in [1.82, 2.24) is 9.80 Å². The Kier molecular flexibility index (Phi) is 6.36. The van der Waals surface area contributed by atoms with E-state index in [0.29, 0.717) is 24.3 Å². The molecular formula is C27H33N5O3. The Balaban J connectivity index is 1.37. The number of para-hydroxylation sites is 1. The molecule has 8 heteroatoms. The van der Waals surface area contributed by atoms with Crippen LogP contribution in [-0.4, -0.2) is 86.9 Å². The van der Waals surface area contributed by atoms with Gasteiger partial charge in [-0.25, -0.2) is 0 Å². The molecule has 0 unspecified atom stereocenters. The van der Waals surface area contributed by atoms with E-state index >= 15 is 0 Å². The Bertz CT molecular complexity index is 1110. The predicted octanol–water partition coefficient (Wildman–Crippen LogP) is 2.44. The molecule has 0 aromatic heterocycles. The molecule has 8 nitrogen and oxygen atoms in total. The first-order valence-electron chi connectivity index (χ1n) is 12.5. The number of piperidine rings is 1. The van der Waals surface area contributed by atoms with Crippen molar-refractivity contribution < 1.29 is 14.4 Å². The Hall–Kier alpha value is -3.55. The Morgan fingerprint density at radius 3 is 2.37 bits per heavy atom. The highest BCUT2D eigenvalue weighted by atomic mass is 16.2. The average Bonchev–Trinajstić information content (AvgIpc) is 2.90. The van der Waals surface area contributed by atoms with Crippen molar-refractivity contribution in [2.75, 3.05) is 68.1 Å². The molecule has 3 amide bonds. The van der Waals surface area contributed by atoms with E-state index in [2.05, 4.69) is 21.9 Å². The first-order valence-corrected chi connectivity index (χ1v) is 12.5. The van der Waals surface area contributed by atoms with Gasteiger partial charge in [-0.05, 0) is 49.6 Å². The maximum atomic E-state index is 13.6. The number of amides is 3. The van der Waals surface area contributed by atoms with Gasteiger partial charge in [0.2, 0.25) is 11.8 Å². The highest BCUT2D eigenvalue weighted by molar-refractivity contribution is 6.09. The molecule has 2 saturated heterocycles. The van der Waals surface area contributed by atoms with Gasteiger partial charge < -0.3 is 19.6 Å². The van der Waals surface area contributed by atoms with Gasteiger partial charge in [0.25, 0.3) is 5.91 Å². The van der Waals surface area contributed by atoms with Crippen LogP contribution in [0.3, 0.4) is 0 Å². The smallest absolute Gasteiger partial charge is 0.253 e. The van der Waals surface area contributed by atoms with Crippen LogP contribution < -0.4 is 14.7 Å². The number of carbonyl (C=O) groups excluding carboxylic acids is 3. The predicted molar refractivity (Wildman–Crippen MR) is 137 cm³/mol. The molecule has 3 aliphatic rings. The summed E-state index contributed by atoms with van der Waals surface area (Å²) in [7, 11) is 3.42. The van der Waals surface area contributed by atoms with Crippen LogP contribution in [0.2, 0.25) is 0 Å². The summed E-state index contributed by atoms with van der Waals surface area (Å²) in [5.74, 6) is -0.210. The second kappa shape index (κ2) is 9.60. The van der Waals surface area contributed by atoms with E-state index in [0.717, 1.165) is 50.3 Å². The van der Waals surface area contributed by atoms with Gasteiger partial charge in [0.1, 0.15) is 12.6 Å². The molecule has 0 bridgehead atoms. The molecule has 1 atom stereocenters. The topological polar surface area (TPSA) is 67.4 Å². The van der Waals surface area contributed by atoms with Gasteiger partial charge in [-0.2, -0.15) is 0 Å². The van der Waals surface area contributed by atoms with Crippen molar-refractivity contribution in [1.29, 1.82) is 0 Å². The summed E-state index contributed by atoms with van der Waals surface area (Å²) in [5, 5.41) is 0. The molecule has 2 aromatic rings. The first-order chi connectivity index (χ1) is 16.9. The van der Waals surface area contributed by atoms with Gasteiger partial charge in [0.05, 0.1) is 11.4 Å². The Labute approximate surface area is 206 Å². The maximum Gasteiger partial charge on any atom is 0.253 e.